The molecule has 0 bridgehead atoms. The van der Waals surface area contributed by atoms with Crippen LogP contribution in [-0.4, -0.2) is 27.6 Å². The van der Waals surface area contributed by atoms with E-state index < -0.39 is 11.9 Å². The zero-order valence-corrected chi connectivity index (χ0v) is 13.8. The van der Waals surface area contributed by atoms with Gasteiger partial charge in [-0.05, 0) is 12.1 Å². The second-order valence-electron chi connectivity index (χ2n) is 4.62. The molecular weight excluding hydrogens is 354 g/mol. The number of anilines is 2. The third-order valence-electron chi connectivity index (χ3n) is 2.95. The first kappa shape index (κ1) is 18.6. The number of carbonyl (C=O) groups is 2. The standard InChI is InChI=1S/C15H14F2N4O3S/c1-2-10(22)8-7-20-12(24-15(18)23)6-9(8)21-13-11(25-14(16)17)4-3-5-19-13/h3-7,14H,2H2,1H3,(H2,18,23)(H,19,20,21). The Morgan fingerprint density at radius 3 is 2.80 bits per heavy atom. The molecule has 0 atom stereocenters. The molecule has 0 aliphatic heterocycles. The summed E-state index contributed by atoms with van der Waals surface area (Å²) in [7, 11) is 0. The van der Waals surface area contributed by atoms with Crippen molar-refractivity contribution in [2.45, 2.75) is 24.0 Å². The summed E-state index contributed by atoms with van der Waals surface area (Å²) in [6.45, 7) is 1.67. The number of hydrogen-bond acceptors (Lipinski definition) is 7. The SMILES string of the molecule is CCC(=O)c1cnc(OC(N)=O)cc1Nc1ncccc1SC(F)F. The molecule has 3 N–H and O–H groups in total. The van der Waals surface area contributed by atoms with Gasteiger partial charge in [-0.25, -0.2) is 14.8 Å². The number of amides is 1. The molecule has 132 valence electrons. The number of halogens is 2. The van der Waals surface area contributed by atoms with Crippen molar-refractivity contribution in [3.8, 4) is 5.88 Å². The van der Waals surface area contributed by atoms with Crippen LogP contribution in [0.1, 0.15) is 23.7 Å². The minimum atomic E-state index is -2.63. The molecule has 2 aromatic heterocycles. The molecule has 1 amide bonds. The van der Waals surface area contributed by atoms with Crippen molar-refractivity contribution in [2.24, 2.45) is 5.73 Å². The molecule has 0 saturated heterocycles. The molecule has 0 fully saturated rings. The van der Waals surface area contributed by atoms with E-state index >= 15 is 0 Å². The lowest BCUT2D eigenvalue weighted by atomic mass is 10.1. The fourth-order valence-electron chi connectivity index (χ4n) is 1.91. The fraction of sp³-hybridized carbons (Fsp3) is 0.200. The lowest BCUT2D eigenvalue weighted by Crippen LogP contribution is -2.17. The molecule has 10 heteroatoms. The number of nitrogens with zero attached hydrogens (tertiary/aromatic N) is 2. The van der Waals surface area contributed by atoms with Crippen LogP contribution < -0.4 is 15.8 Å². The zero-order valence-electron chi connectivity index (χ0n) is 13.0. The molecule has 7 nitrogen and oxygen atoms in total. The van der Waals surface area contributed by atoms with Gasteiger partial charge in [0.15, 0.2) is 5.78 Å². The number of Topliss-reactive ketones (excluding diaryl/α,β-unsaturated/α-hetero) is 1. The van der Waals surface area contributed by atoms with Gasteiger partial charge in [-0.15, -0.1) is 0 Å². The maximum Gasteiger partial charge on any atom is 0.411 e. The number of nitrogens with one attached hydrogen (secondary N) is 1. The predicted molar refractivity (Wildman–Crippen MR) is 88.5 cm³/mol. The van der Waals surface area contributed by atoms with Crippen molar-refractivity contribution in [2.75, 3.05) is 5.32 Å². The summed E-state index contributed by atoms with van der Waals surface area (Å²) in [6, 6.07) is 4.26. The Labute approximate surface area is 146 Å². The van der Waals surface area contributed by atoms with Gasteiger partial charge in [0.2, 0.25) is 5.88 Å². The number of primary amides is 1. The zero-order chi connectivity index (χ0) is 18.4. The molecule has 0 unspecified atom stereocenters. The Kier molecular flexibility index (Phi) is 6.23. The molecular formula is C15H14F2N4O3S. The van der Waals surface area contributed by atoms with Crippen LogP contribution in [0.2, 0.25) is 0 Å². The van der Waals surface area contributed by atoms with Crippen LogP contribution in [0, 0.1) is 0 Å². The maximum absolute atomic E-state index is 12.7. The summed E-state index contributed by atoms with van der Waals surface area (Å²) in [5.74, 6) is -2.87. The highest BCUT2D eigenvalue weighted by atomic mass is 32.2. The van der Waals surface area contributed by atoms with Gasteiger partial charge in [-0.1, -0.05) is 18.7 Å². The van der Waals surface area contributed by atoms with E-state index in [1.54, 1.807) is 6.92 Å². The van der Waals surface area contributed by atoms with Gasteiger partial charge in [-0.2, -0.15) is 8.78 Å². The Balaban J connectivity index is 2.42. The minimum Gasteiger partial charge on any atom is -0.391 e. The quantitative estimate of drug-likeness (QED) is 0.568. The maximum atomic E-state index is 12.7. The summed E-state index contributed by atoms with van der Waals surface area (Å²) < 4.78 is 30.0. The number of thioether (sulfide) groups is 1. The Morgan fingerprint density at radius 2 is 2.16 bits per heavy atom. The average Bonchev–Trinajstić information content (AvgIpc) is 2.55. The van der Waals surface area contributed by atoms with E-state index in [9.17, 15) is 18.4 Å². The van der Waals surface area contributed by atoms with Crippen molar-refractivity contribution in [1.29, 1.82) is 0 Å². The molecule has 0 aliphatic rings. The summed E-state index contributed by atoms with van der Waals surface area (Å²) in [5, 5.41) is 2.82. The number of ether oxygens (including phenoxy) is 1. The number of aromatic nitrogens is 2. The van der Waals surface area contributed by atoms with Crippen LogP contribution in [0.4, 0.5) is 25.1 Å². The minimum absolute atomic E-state index is 0.133. The van der Waals surface area contributed by atoms with Crippen LogP contribution in [-0.2, 0) is 0 Å². The number of ketones is 1. The van der Waals surface area contributed by atoms with Gasteiger partial charge >= 0.3 is 6.09 Å². The molecule has 2 aromatic rings. The van der Waals surface area contributed by atoms with E-state index in [-0.39, 0.29) is 40.0 Å². The fourth-order valence-corrected chi connectivity index (χ4v) is 2.48. The molecule has 0 aromatic carbocycles. The van der Waals surface area contributed by atoms with E-state index in [1.807, 2.05) is 0 Å². The molecule has 0 saturated carbocycles. The first-order chi connectivity index (χ1) is 11.9. The van der Waals surface area contributed by atoms with Crippen LogP contribution >= 0.6 is 11.8 Å². The highest BCUT2D eigenvalue weighted by molar-refractivity contribution is 7.99. The molecule has 0 aliphatic carbocycles. The molecule has 2 rings (SSSR count). The largest absolute Gasteiger partial charge is 0.411 e. The van der Waals surface area contributed by atoms with Crippen molar-refractivity contribution >= 4 is 35.1 Å². The van der Waals surface area contributed by atoms with E-state index in [0.717, 1.165) is 0 Å². The van der Waals surface area contributed by atoms with Gasteiger partial charge in [0, 0.05) is 24.9 Å². The van der Waals surface area contributed by atoms with Gasteiger partial charge in [-0.3, -0.25) is 4.79 Å². The van der Waals surface area contributed by atoms with Crippen LogP contribution in [0.5, 0.6) is 5.88 Å². The first-order valence-electron chi connectivity index (χ1n) is 7.08. The van der Waals surface area contributed by atoms with Crippen molar-refractivity contribution in [1.82, 2.24) is 9.97 Å². The monoisotopic (exact) mass is 368 g/mol. The second kappa shape index (κ2) is 8.38. The van der Waals surface area contributed by atoms with E-state index in [0.29, 0.717) is 11.8 Å². The van der Waals surface area contributed by atoms with E-state index in [1.165, 1.54) is 30.6 Å². The van der Waals surface area contributed by atoms with Gasteiger partial charge in [0.05, 0.1) is 16.1 Å². The average molecular weight is 368 g/mol. The number of alkyl halides is 2. The van der Waals surface area contributed by atoms with Crippen LogP contribution in [0.3, 0.4) is 0 Å². The number of hydrogen-bond donors (Lipinski definition) is 2. The van der Waals surface area contributed by atoms with Gasteiger partial charge in [0.25, 0.3) is 5.76 Å². The van der Waals surface area contributed by atoms with Crippen LogP contribution in [0.25, 0.3) is 0 Å². The van der Waals surface area contributed by atoms with Crippen molar-refractivity contribution in [3.05, 3.63) is 36.2 Å². The molecule has 25 heavy (non-hydrogen) atoms. The van der Waals surface area contributed by atoms with Gasteiger partial charge < -0.3 is 15.8 Å². The highest BCUT2D eigenvalue weighted by Gasteiger charge is 2.16. The normalized spacial score (nSPS) is 10.6. The molecule has 0 spiro atoms. The molecule has 2 heterocycles. The van der Waals surface area contributed by atoms with Crippen molar-refractivity contribution in [3.63, 3.8) is 0 Å². The lowest BCUT2D eigenvalue weighted by Gasteiger charge is -2.13. The third kappa shape index (κ3) is 5.11. The Morgan fingerprint density at radius 1 is 1.40 bits per heavy atom. The van der Waals surface area contributed by atoms with E-state index in [4.69, 9.17) is 5.73 Å². The Bertz CT molecular complexity index is 789. The number of carbonyl (C=O) groups excluding carboxylic acids is 2. The number of pyridine rings is 2. The second-order valence-corrected chi connectivity index (χ2v) is 5.65. The smallest absolute Gasteiger partial charge is 0.391 e. The summed E-state index contributed by atoms with van der Waals surface area (Å²) in [5.41, 5.74) is 5.36. The van der Waals surface area contributed by atoms with Crippen LogP contribution in [0.15, 0.2) is 35.5 Å². The summed E-state index contributed by atoms with van der Waals surface area (Å²) in [4.78, 5) is 31.0. The summed E-state index contributed by atoms with van der Waals surface area (Å²) >= 11 is 0.315. The van der Waals surface area contributed by atoms with Gasteiger partial charge in [0.1, 0.15) is 5.82 Å². The highest BCUT2D eigenvalue weighted by Crippen LogP contribution is 2.33. The van der Waals surface area contributed by atoms with Crippen molar-refractivity contribution < 1.29 is 23.1 Å². The Hall–Kier alpha value is -2.75. The van der Waals surface area contributed by atoms with E-state index in [2.05, 4.69) is 20.0 Å². The molecule has 0 radical (unpaired) electrons. The summed E-state index contributed by atoms with van der Waals surface area (Å²) in [6.07, 6.45) is 1.77. The lowest BCUT2D eigenvalue weighted by molar-refractivity contribution is 0.0988. The first-order valence-corrected chi connectivity index (χ1v) is 7.96. The number of nitrogens with two attached hydrogens (primary N) is 1. The predicted octanol–water partition coefficient (Wildman–Crippen LogP) is 3.59. The third-order valence-corrected chi connectivity index (χ3v) is 3.71. The number of rotatable bonds is 7. The topological polar surface area (TPSA) is 107 Å².